The SMILES string of the molecule is CC(C)(C(N)=S)N1CCN(CCOCCO)CC1. The van der Waals surface area contributed by atoms with Crippen LogP contribution >= 0.6 is 12.2 Å². The molecule has 1 saturated heterocycles. The minimum absolute atomic E-state index is 0.0932. The highest BCUT2D eigenvalue weighted by molar-refractivity contribution is 7.80. The van der Waals surface area contributed by atoms with E-state index in [0.29, 0.717) is 18.2 Å². The number of aliphatic hydroxyl groups is 1. The van der Waals surface area contributed by atoms with Gasteiger partial charge in [0.05, 0.1) is 30.3 Å². The van der Waals surface area contributed by atoms with E-state index in [0.717, 1.165) is 32.7 Å². The van der Waals surface area contributed by atoms with Crippen LogP contribution in [0, 0.1) is 0 Å². The van der Waals surface area contributed by atoms with E-state index >= 15 is 0 Å². The molecule has 0 aromatic carbocycles. The molecular formula is C12H25N3O2S. The second-order valence-corrected chi connectivity index (χ2v) is 5.53. The van der Waals surface area contributed by atoms with Crippen molar-refractivity contribution < 1.29 is 9.84 Å². The van der Waals surface area contributed by atoms with Gasteiger partial charge in [-0.3, -0.25) is 9.80 Å². The molecule has 1 fully saturated rings. The van der Waals surface area contributed by atoms with E-state index in [1.54, 1.807) is 0 Å². The average Bonchev–Trinajstić information content (AvgIpc) is 2.35. The summed E-state index contributed by atoms with van der Waals surface area (Å²) in [5.74, 6) is 0. The van der Waals surface area contributed by atoms with Gasteiger partial charge in [0.15, 0.2) is 0 Å². The Bertz CT molecular complexity index is 266. The molecule has 6 heteroatoms. The highest BCUT2D eigenvalue weighted by atomic mass is 32.1. The molecule has 1 rings (SSSR count). The van der Waals surface area contributed by atoms with Gasteiger partial charge in [0.1, 0.15) is 0 Å². The van der Waals surface area contributed by atoms with E-state index < -0.39 is 0 Å². The van der Waals surface area contributed by atoms with Crippen LogP contribution in [-0.4, -0.2) is 78.0 Å². The third kappa shape index (κ3) is 4.44. The average molecular weight is 275 g/mol. The Morgan fingerprint density at radius 3 is 2.39 bits per heavy atom. The molecule has 0 atom stereocenters. The number of thiocarbonyl (C=S) groups is 1. The zero-order chi connectivity index (χ0) is 13.6. The van der Waals surface area contributed by atoms with Crippen LogP contribution in [0.2, 0.25) is 0 Å². The predicted molar refractivity (Wildman–Crippen MR) is 76.8 cm³/mol. The van der Waals surface area contributed by atoms with E-state index in [2.05, 4.69) is 23.6 Å². The molecule has 0 saturated carbocycles. The Hall–Kier alpha value is -0.270. The van der Waals surface area contributed by atoms with E-state index in [4.69, 9.17) is 27.8 Å². The Morgan fingerprint density at radius 1 is 1.28 bits per heavy atom. The van der Waals surface area contributed by atoms with Crippen molar-refractivity contribution in [1.82, 2.24) is 9.80 Å². The van der Waals surface area contributed by atoms with Crippen LogP contribution in [0.1, 0.15) is 13.8 Å². The third-order valence-electron chi connectivity index (χ3n) is 3.55. The minimum Gasteiger partial charge on any atom is -0.394 e. The van der Waals surface area contributed by atoms with Crippen molar-refractivity contribution in [3.63, 3.8) is 0 Å². The van der Waals surface area contributed by atoms with Crippen LogP contribution in [0.5, 0.6) is 0 Å². The summed E-state index contributed by atoms with van der Waals surface area (Å²) in [6.45, 7) is 10.2. The molecule has 0 unspecified atom stereocenters. The second-order valence-electron chi connectivity index (χ2n) is 5.09. The van der Waals surface area contributed by atoms with Gasteiger partial charge in [-0.25, -0.2) is 0 Å². The molecule has 106 valence electrons. The summed E-state index contributed by atoms with van der Waals surface area (Å²) in [5.41, 5.74) is 5.58. The van der Waals surface area contributed by atoms with Gasteiger partial charge in [0.25, 0.3) is 0 Å². The van der Waals surface area contributed by atoms with Crippen molar-refractivity contribution in [2.75, 3.05) is 52.5 Å². The standard InChI is InChI=1S/C12H25N3O2S/c1-12(2,11(13)18)15-5-3-14(4-6-15)7-9-17-10-8-16/h16H,3-10H2,1-2H3,(H2,13,18). The lowest BCUT2D eigenvalue weighted by Crippen LogP contribution is -2.59. The van der Waals surface area contributed by atoms with Crippen LogP contribution in [0.15, 0.2) is 0 Å². The second kappa shape index (κ2) is 7.35. The first-order chi connectivity index (χ1) is 8.48. The zero-order valence-electron chi connectivity index (χ0n) is 11.4. The molecule has 18 heavy (non-hydrogen) atoms. The van der Waals surface area contributed by atoms with E-state index in [9.17, 15) is 0 Å². The van der Waals surface area contributed by atoms with Crippen molar-refractivity contribution in [2.45, 2.75) is 19.4 Å². The lowest BCUT2D eigenvalue weighted by atomic mass is 10.0. The quantitative estimate of drug-likeness (QED) is 0.490. The fourth-order valence-electron chi connectivity index (χ4n) is 2.05. The summed E-state index contributed by atoms with van der Waals surface area (Å²) in [7, 11) is 0. The van der Waals surface area contributed by atoms with Crippen molar-refractivity contribution in [3.05, 3.63) is 0 Å². The maximum atomic E-state index is 8.61. The Balaban J connectivity index is 2.26. The molecule has 0 amide bonds. The van der Waals surface area contributed by atoms with Crippen LogP contribution in [-0.2, 0) is 4.74 Å². The number of hydrogen-bond donors (Lipinski definition) is 2. The maximum Gasteiger partial charge on any atom is 0.0928 e. The smallest absolute Gasteiger partial charge is 0.0928 e. The number of ether oxygens (including phenoxy) is 1. The first-order valence-corrected chi connectivity index (χ1v) is 6.85. The van der Waals surface area contributed by atoms with Gasteiger partial charge < -0.3 is 15.6 Å². The molecule has 1 aliphatic heterocycles. The monoisotopic (exact) mass is 275 g/mol. The van der Waals surface area contributed by atoms with Gasteiger partial charge in [-0.1, -0.05) is 12.2 Å². The topological polar surface area (TPSA) is 62.0 Å². The molecule has 5 nitrogen and oxygen atoms in total. The zero-order valence-corrected chi connectivity index (χ0v) is 12.2. The lowest BCUT2D eigenvalue weighted by molar-refractivity contribution is 0.0449. The van der Waals surface area contributed by atoms with Crippen LogP contribution in [0.4, 0.5) is 0 Å². The number of aliphatic hydroxyl groups excluding tert-OH is 1. The maximum absolute atomic E-state index is 8.61. The van der Waals surface area contributed by atoms with E-state index in [1.807, 2.05) is 0 Å². The Labute approximate surface area is 115 Å². The molecule has 0 radical (unpaired) electrons. The Kier molecular flexibility index (Phi) is 6.45. The number of nitrogens with two attached hydrogens (primary N) is 1. The summed E-state index contributed by atoms with van der Waals surface area (Å²) in [6.07, 6.45) is 0. The van der Waals surface area contributed by atoms with Gasteiger partial charge >= 0.3 is 0 Å². The van der Waals surface area contributed by atoms with Crippen molar-refractivity contribution in [1.29, 1.82) is 0 Å². The fourth-order valence-corrected chi connectivity index (χ4v) is 2.18. The van der Waals surface area contributed by atoms with Crippen LogP contribution in [0.25, 0.3) is 0 Å². The molecular weight excluding hydrogens is 250 g/mol. The summed E-state index contributed by atoms with van der Waals surface area (Å²) >= 11 is 5.12. The lowest BCUT2D eigenvalue weighted by Gasteiger charge is -2.43. The number of nitrogens with zero attached hydrogens (tertiary/aromatic N) is 2. The van der Waals surface area contributed by atoms with Gasteiger partial charge in [-0.05, 0) is 13.8 Å². The molecule has 1 aliphatic rings. The fraction of sp³-hybridized carbons (Fsp3) is 0.917. The molecule has 0 aromatic heterocycles. The van der Waals surface area contributed by atoms with Gasteiger partial charge in [0.2, 0.25) is 0 Å². The van der Waals surface area contributed by atoms with Crippen LogP contribution in [0.3, 0.4) is 0 Å². The first-order valence-electron chi connectivity index (χ1n) is 6.44. The highest BCUT2D eigenvalue weighted by Gasteiger charge is 2.31. The summed E-state index contributed by atoms with van der Waals surface area (Å²) in [5, 5.41) is 8.61. The number of hydrogen-bond acceptors (Lipinski definition) is 5. The molecule has 0 bridgehead atoms. The molecule has 1 heterocycles. The summed E-state index contributed by atoms with van der Waals surface area (Å²) in [6, 6.07) is 0. The summed E-state index contributed by atoms with van der Waals surface area (Å²) in [4.78, 5) is 5.26. The van der Waals surface area contributed by atoms with Gasteiger partial charge in [-0.15, -0.1) is 0 Å². The van der Waals surface area contributed by atoms with Crippen LogP contribution < -0.4 is 5.73 Å². The largest absolute Gasteiger partial charge is 0.394 e. The number of piperazine rings is 1. The number of rotatable bonds is 7. The molecule has 0 spiro atoms. The molecule has 3 N–H and O–H groups in total. The predicted octanol–water partition coefficient (Wildman–Crippen LogP) is -0.322. The van der Waals surface area contributed by atoms with E-state index in [-0.39, 0.29) is 12.1 Å². The third-order valence-corrected chi connectivity index (χ3v) is 4.05. The van der Waals surface area contributed by atoms with Crippen molar-refractivity contribution in [2.24, 2.45) is 5.73 Å². The van der Waals surface area contributed by atoms with E-state index in [1.165, 1.54) is 0 Å². The molecule has 0 aliphatic carbocycles. The van der Waals surface area contributed by atoms with Gasteiger partial charge in [-0.2, -0.15) is 0 Å². The summed E-state index contributed by atoms with van der Waals surface area (Å²) < 4.78 is 5.27. The Morgan fingerprint density at radius 2 is 1.89 bits per heavy atom. The highest BCUT2D eigenvalue weighted by Crippen LogP contribution is 2.17. The minimum atomic E-state index is -0.200. The first kappa shape index (κ1) is 15.8. The van der Waals surface area contributed by atoms with Gasteiger partial charge in [0, 0.05) is 32.7 Å². The van der Waals surface area contributed by atoms with Crippen molar-refractivity contribution in [3.8, 4) is 0 Å². The normalized spacial score (nSPS) is 19.1. The van der Waals surface area contributed by atoms with Crippen molar-refractivity contribution >= 4 is 17.2 Å². The molecule has 0 aromatic rings.